The van der Waals surface area contributed by atoms with Gasteiger partial charge in [0.25, 0.3) is 5.91 Å². The fourth-order valence-corrected chi connectivity index (χ4v) is 3.10. The van der Waals surface area contributed by atoms with Crippen LogP contribution in [0.3, 0.4) is 0 Å². The summed E-state index contributed by atoms with van der Waals surface area (Å²) in [5.41, 5.74) is 1.17. The van der Waals surface area contributed by atoms with Crippen molar-refractivity contribution in [3.05, 3.63) is 71.3 Å². The van der Waals surface area contributed by atoms with Crippen molar-refractivity contribution in [3.63, 3.8) is 0 Å². The predicted octanol–water partition coefficient (Wildman–Crippen LogP) is 3.46. The summed E-state index contributed by atoms with van der Waals surface area (Å²) in [5, 5.41) is 2.74. The monoisotopic (exact) mass is 350 g/mol. The summed E-state index contributed by atoms with van der Waals surface area (Å²) < 4.78 is 0. The van der Waals surface area contributed by atoms with Gasteiger partial charge in [-0.2, -0.15) is 0 Å². The van der Waals surface area contributed by atoms with Crippen LogP contribution in [0.2, 0.25) is 0 Å². The molecule has 26 heavy (non-hydrogen) atoms. The SMILES string of the molecule is CC(C)c1ccc([C@]2(C)NC(=O)N(CC(=O)c3ccccc3)C2=O)cc1. The van der Waals surface area contributed by atoms with Crippen molar-refractivity contribution in [1.82, 2.24) is 10.2 Å². The molecule has 2 aromatic carbocycles. The van der Waals surface area contributed by atoms with Crippen LogP contribution >= 0.6 is 0 Å². The molecule has 5 heteroatoms. The maximum atomic E-state index is 12.9. The molecule has 1 aliphatic heterocycles. The minimum Gasteiger partial charge on any atom is -0.319 e. The van der Waals surface area contributed by atoms with E-state index >= 15 is 0 Å². The third kappa shape index (κ3) is 3.12. The van der Waals surface area contributed by atoms with Gasteiger partial charge in [0.2, 0.25) is 0 Å². The lowest BCUT2D eigenvalue weighted by atomic mass is 9.90. The highest BCUT2D eigenvalue weighted by Gasteiger charge is 2.49. The number of ketones is 1. The summed E-state index contributed by atoms with van der Waals surface area (Å²) in [6, 6.07) is 15.7. The van der Waals surface area contributed by atoms with Gasteiger partial charge in [0, 0.05) is 5.56 Å². The van der Waals surface area contributed by atoms with Gasteiger partial charge in [0.1, 0.15) is 5.54 Å². The number of Topliss-reactive ketones (excluding diaryl/α,β-unsaturated/α-hetero) is 1. The maximum absolute atomic E-state index is 12.9. The highest BCUT2D eigenvalue weighted by molar-refractivity contribution is 6.11. The number of hydrogen-bond acceptors (Lipinski definition) is 3. The van der Waals surface area contributed by atoms with Gasteiger partial charge in [-0.1, -0.05) is 68.4 Å². The van der Waals surface area contributed by atoms with Gasteiger partial charge in [0.15, 0.2) is 5.78 Å². The number of carbonyl (C=O) groups is 3. The van der Waals surface area contributed by atoms with E-state index in [0.717, 1.165) is 10.5 Å². The lowest BCUT2D eigenvalue weighted by Gasteiger charge is -2.22. The zero-order chi connectivity index (χ0) is 18.9. The first kappa shape index (κ1) is 17.9. The average molecular weight is 350 g/mol. The fourth-order valence-electron chi connectivity index (χ4n) is 3.10. The van der Waals surface area contributed by atoms with E-state index in [9.17, 15) is 14.4 Å². The number of benzene rings is 2. The van der Waals surface area contributed by atoms with Crippen LogP contribution in [0.1, 0.15) is 48.2 Å². The standard InChI is InChI=1S/C21H22N2O3/c1-14(2)15-9-11-17(12-10-15)21(3)19(25)23(20(26)22-21)13-18(24)16-7-5-4-6-8-16/h4-12,14H,13H2,1-3H3,(H,22,26)/t21-/m0/s1. The number of carbonyl (C=O) groups excluding carboxylic acids is 3. The van der Waals surface area contributed by atoms with E-state index in [1.807, 2.05) is 30.3 Å². The van der Waals surface area contributed by atoms with E-state index in [2.05, 4.69) is 19.2 Å². The summed E-state index contributed by atoms with van der Waals surface area (Å²) in [6.07, 6.45) is 0. The lowest BCUT2D eigenvalue weighted by molar-refractivity contribution is -0.130. The molecule has 1 heterocycles. The van der Waals surface area contributed by atoms with Gasteiger partial charge in [-0.3, -0.25) is 14.5 Å². The summed E-state index contributed by atoms with van der Waals surface area (Å²) in [6.45, 7) is 5.59. The van der Waals surface area contributed by atoms with Crippen molar-refractivity contribution in [1.29, 1.82) is 0 Å². The number of nitrogens with zero attached hydrogens (tertiary/aromatic N) is 1. The molecule has 1 aliphatic rings. The van der Waals surface area contributed by atoms with E-state index in [1.54, 1.807) is 31.2 Å². The van der Waals surface area contributed by atoms with Gasteiger partial charge in [-0.05, 0) is 24.0 Å². The van der Waals surface area contributed by atoms with Crippen molar-refractivity contribution in [2.24, 2.45) is 0 Å². The zero-order valence-corrected chi connectivity index (χ0v) is 15.2. The van der Waals surface area contributed by atoms with Crippen molar-refractivity contribution in [3.8, 4) is 0 Å². The number of nitrogens with one attached hydrogen (secondary N) is 1. The second kappa shape index (κ2) is 6.75. The largest absolute Gasteiger partial charge is 0.325 e. The molecule has 0 unspecified atom stereocenters. The van der Waals surface area contributed by atoms with Crippen molar-refractivity contribution < 1.29 is 14.4 Å². The minimum atomic E-state index is -1.16. The Morgan fingerprint density at radius 1 is 1.04 bits per heavy atom. The summed E-state index contributed by atoms with van der Waals surface area (Å²) in [4.78, 5) is 38.6. The summed E-state index contributed by atoms with van der Waals surface area (Å²) in [5.74, 6) is -0.302. The van der Waals surface area contributed by atoms with E-state index in [4.69, 9.17) is 0 Å². The summed E-state index contributed by atoms with van der Waals surface area (Å²) in [7, 11) is 0. The van der Waals surface area contributed by atoms with Crippen molar-refractivity contribution in [2.45, 2.75) is 32.2 Å². The Bertz CT molecular complexity index is 843. The molecule has 0 aliphatic carbocycles. The smallest absolute Gasteiger partial charge is 0.319 e. The lowest BCUT2D eigenvalue weighted by Crippen LogP contribution is -2.41. The molecule has 3 amide bonds. The van der Waals surface area contributed by atoms with Crippen LogP contribution < -0.4 is 5.32 Å². The molecule has 1 saturated heterocycles. The van der Waals surface area contributed by atoms with Crippen LogP contribution in [-0.4, -0.2) is 29.2 Å². The molecule has 134 valence electrons. The minimum absolute atomic E-state index is 0.269. The van der Waals surface area contributed by atoms with Crippen LogP contribution in [0.25, 0.3) is 0 Å². The van der Waals surface area contributed by atoms with Gasteiger partial charge in [0.05, 0.1) is 6.54 Å². The van der Waals surface area contributed by atoms with Gasteiger partial charge < -0.3 is 5.32 Å². The molecular weight excluding hydrogens is 328 g/mol. The van der Waals surface area contributed by atoms with E-state index in [1.165, 1.54) is 0 Å². The van der Waals surface area contributed by atoms with Gasteiger partial charge in [-0.15, -0.1) is 0 Å². The van der Waals surface area contributed by atoms with Crippen LogP contribution in [-0.2, 0) is 10.3 Å². The van der Waals surface area contributed by atoms with Crippen LogP contribution in [0, 0.1) is 0 Å². The molecule has 0 saturated carbocycles. The molecule has 5 nitrogen and oxygen atoms in total. The Labute approximate surface area is 153 Å². The van der Waals surface area contributed by atoms with Crippen molar-refractivity contribution >= 4 is 17.7 Å². The molecule has 0 radical (unpaired) electrons. The third-order valence-corrected chi connectivity index (χ3v) is 4.83. The van der Waals surface area contributed by atoms with Gasteiger partial charge in [-0.25, -0.2) is 4.79 Å². The van der Waals surface area contributed by atoms with Crippen LogP contribution in [0.15, 0.2) is 54.6 Å². The van der Waals surface area contributed by atoms with E-state index in [-0.39, 0.29) is 12.3 Å². The number of hydrogen-bond donors (Lipinski definition) is 1. The Morgan fingerprint density at radius 2 is 1.65 bits per heavy atom. The molecule has 0 bridgehead atoms. The van der Waals surface area contributed by atoms with Crippen molar-refractivity contribution in [2.75, 3.05) is 6.54 Å². The zero-order valence-electron chi connectivity index (χ0n) is 15.2. The number of rotatable bonds is 5. The van der Waals surface area contributed by atoms with Gasteiger partial charge >= 0.3 is 6.03 Å². The Balaban J connectivity index is 1.82. The highest BCUT2D eigenvalue weighted by atomic mass is 16.2. The number of amides is 3. The second-order valence-electron chi connectivity index (χ2n) is 7.01. The Morgan fingerprint density at radius 3 is 2.23 bits per heavy atom. The summed E-state index contributed by atoms with van der Waals surface area (Å²) >= 11 is 0. The topological polar surface area (TPSA) is 66.5 Å². The average Bonchev–Trinajstić information content (AvgIpc) is 2.86. The molecule has 0 aromatic heterocycles. The molecule has 3 rings (SSSR count). The van der Waals surface area contributed by atoms with E-state index in [0.29, 0.717) is 17.0 Å². The predicted molar refractivity (Wildman–Crippen MR) is 98.9 cm³/mol. The van der Waals surface area contributed by atoms with Crippen LogP contribution in [0.5, 0.6) is 0 Å². The molecule has 1 fully saturated rings. The molecule has 2 aromatic rings. The first-order valence-electron chi connectivity index (χ1n) is 8.65. The first-order valence-corrected chi connectivity index (χ1v) is 8.65. The van der Waals surface area contributed by atoms with E-state index < -0.39 is 17.5 Å². The number of urea groups is 1. The maximum Gasteiger partial charge on any atom is 0.325 e. The third-order valence-electron chi connectivity index (χ3n) is 4.83. The second-order valence-corrected chi connectivity index (χ2v) is 7.01. The molecule has 1 atom stereocenters. The van der Waals surface area contributed by atoms with Crippen LogP contribution in [0.4, 0.5) is 4.79 Å². The fraction of sp³-hybridized carbons (Fsp3) is 0.286. The molecule has 0 spiro atoms. The Kier molecular flexibility index (Phi) is 4.64. The Hall–Kier alpha value is -2.95. The normalized spacial score (nSPS) is 19.8. The molecular formula is C21H22N2O3. The molecule has 1 N–H and O–H groups in total. The first-order chi connectivity index (χ1) is 12.3. The highest BCUT2D eigenvalue weighted by Crippen LogP contribution is 2.30. The number of imide groups is 1. The quantitative estimate of drug-likeness (QED) is 0.663.